The van der Waals surface area contributed by atoms with Crippen molar-refractivity contribution in [1.82, 2.24) is 9.78 Å². The molecule has 0 radical (unpaired) electrons. The third-order valence-corrected chi connectivity index (χ3v) is 3.36. The molecule has 0 unspecified atom stereocenters. The van der Waals surface area contributed by atoms with E-state index >= 15 is 0 Å². The number of anilines is 1. The highest BCUT2D eigenvalue weighted by molar-refractivity contribution is 9.10. The van der Waals surface area contributed by atoms with Crippen LogP contribution in [0.4, 0.5) is 11.4 Å². The maximum absolute atomic E-state index is 12.2. The second kappa shape index (κ2) is 5.41. The van der Waals surface area contributed by atoms with Crippen molar-refractivity contribution in [1.29, 1.82) is 0 Å². The summed E-state index contributed by atoms with van der Waals surface area (Å²) in [5.74, 6) is -0.339. The number of benzene rings is 1. The predicted octanol–water partition coefficient (Wildman–Crippen LogP) is 2.65. The number of non-ortho nitro benzene ring substituents is 1. The van der Waals surface area contributed by atoms with Crippen LogP contribution in [0.25, 0.3) is 0 Å². The second-order valence-electron chi connectivity index (χ2n) is 4.18. The van der Waals surface area contributed by atoms with Gasteiger partial charge in [0.2, 0.25) is 0 Å². The van der Waals surface area contributed by atoms with Crippen molar-refractivity contribution in [3.63, 3.8) is 0 Å². The lowest BCUT2D eigenvalue weighted by Crippen LogP contribution is -2.17. The molecule has 104 valence electrons. The third-order valence-electron chi connectivity index (χ3n) is 2.78. The van der Waals surface area contributed by atoms with E-state index in [0.717, 1.165) is 0 Å². The number of carbonyl (C=O) groups excluding carboxylic acids is 1. The average Bonchev–Trinajstić information content (AvgIpc) is 2.71. The van der Waals surface area contributed by atoms with E-state index in [1.165, 1.54) is 29.1 Å². The Labute approximate surface area is 122 Å². The first-order chi connectivity index (χ1) is 9.40. The molecule has 1 N–H and O–H groups in total. The van der Waals surface area contributed by atoms with Gasteiger partial charge in [0.1, 0.15) is 5.69 Å². The van der Waals surface area contributed by atoms with Crippen molar-refractivity contribution in [3.05, 3.63) is 50.2 Å². The van der Waals surface area contributed by atoms with Gasteiger partial charge in [-0.15, -0.1) is 0 Å². The number of nitrogens with one attached hydrogen (secondary N) is 1. The van der Waals surface area contributed by atoms with Crippen molar-refractivity contribution >= 4 is 33.2 Å². The molecule has 0 saturated carbocycles. The number of aryl methyl sites for hydroxylation is 2. The van der Waals surface area contributed by atoms with Gasteiger partial charge in [-0.1, -0.05) is 0 Å². The van der Waals surface area contributed by atoms with Crippen LogP contribution in [0.15, 0.2) is 28.9 Å². The average molecular weight is 339 g/mol. The number of hydrogen-bond acceptors (Lipinski definition) is 4. The molecule has 2 rings (SSSR count). The van der Waals surface area contributed by atoms with Crippen molar-refractivity contribution in [2.45, 2.75) is 6.92 Å². The lowest BCUT2D eigenvalue weighted by atomic mass is 10.1. The largest absolute Gasteiger partial charge is 0.320 e. The Kier molecular flexibility index (Phi) is 3.84. The molecule has 1 amide bonds. The summed E-state index contributed by atoms with van der Waals surface area (Å²) in [5.41, 5.74) is 1.50. The van der Waals surface area contributed by atoms with Crippen LogP contribution >= 0.6 is 15.9 Å². The van der Waals surface area contributed by atoms with Crippen molar-refractivity contribution in [2.75, 3.05) is 5.32 Å². The SMILES string of the molecule is Cc1cc([N+](=O)[O-])ccc1NC(=O)c1c(Br)cnn1C. The molecule has 20 heavy (non-hydrogen) atoms. The number of nitrogens with zero attached hydrogens (tertiary/aromatic N) is 3. The monoisotopic (exact) mass is 338 g/mol. The van der Waals surface area contributed by atoms with E-state index in [1.807, 2.05) is 0 Å². The molecule has 0 spiro atoms. The smallest absolute Gasteiger partial charge is 0.275 e. The van der Waals surface area contributed by atoms with E-state index in [1.54, 1.807) is 14.0 Å². The van der Waals surface area contributed by atoms with E-state index in [4.69, 9.17) is 0 Å². The fourth-order valence-electron chi connectivity index (χ4n) is 1.75. The Morgan fingerprint density at radius 2 is 2.20 bits per heavy atom. The molecular formula is C12H11BrN4O3. The molecule has 1 heterocycles. The molecule has 2 aromatic rings. The number of hydrogen-bond donors (Lipinski definition) is 1. The molecule has 8 heteroatoms. The molecule has 0 fully saturated rings. The molecule has 0 bridgehead atoms. The van der Waals surface area contributed by atoms with E-state index in [2.05, 4.69) is 26.3 Å². The number of nitro benzene ring substituents is 1. The molecule has 7 nitrogen and oxygen atoms in total. The molecular weight excluding hydrogens is 328 g/mol. The maximum Gasteiger partial charge on any atom is 0.275 e. The van der Waals surface area contributed by atoms with E-state index in [-0.39, 0.29) is 11.6 Å². The summed E-state index contributed by atoms with van der Waals surface area (Å²) in [6.45, 7) is 1.70. The second-order valence-corrected chi connectivity index (χ2v) is 5.03. The van der Waals surface area contributed by atoms with Crippen LogP contribution in [0.3, 0.4) is 0 Å². The number of aromatic nitrogens is 2. The Bertz CT molecular complexity index is 677. The molecule has 0 saturated heterocycles. The molecule has 0 atom stereocenters. The Hall–Kier alpha value is -2.22. The summed E-state index contributed by atoms with van der Waals surface area (Å²) in [6, 6.07) is 4.27. The molecule has 0 aliphatic carbocycles. The van der Waals surface area contributed by atoms with Gasteiger partial charge in [0, 0.05) is 24.9 Å². The van der Waals surface area contributed by atoms with Gasteiger partial charge in [0.25, 0.3) is 11.6 Å². The van der Waals surface area contributed by atoms with Crippen LogP contribution < -0.4 is 5.32 Å². The highest BCUT2D eigenvalue weighted by atomic mass is 79.9. The normalized spacial score (nSPS) is 10.3. The van der Waals surface area contributed by atoms with Gasteiger partial charge >= 0.3 is 0 Å². The standard InChI is InChI=1S/C12H11BrN4O3/c1-7-5-8(17(19)20)3-4-10(7)15-12(18)11-9(13)6-14-16(11)2/h3-6H,1-2H3,(H,15,18). The summed E-state index contributed by atoms with van der Waals surface area (Å²) in [5, 5.41) is 17.3. The topological polar surface area (TPSA) is 90.1 Å². The van der Waals surface area contributed by atoms with Crippen molar-refractivity contribution in [3.8, 4) is 0 Å². The fraction of sp³-hybridized carbons (Fsp3) is 0.167. The first-order valence-electron chi connectivity index (χ1n) is 5.64. The lowest BCUT2D eigenvalue weighted by Gasteiger charge is -2.08. The lowest BCUT2D eigenvalue weighted by molar-refractivity contribution is -0.384. The summed E-state index contributed by atoms with van der Waals surface area (Å²) in [6.07, 6.45) is 1.53. The molecule has 0 aliphatic heterocycles. The number of amides is 1. The highest BCUT2D eigenvalue weighted by Crippen LogP contribution is 2.23. The minimum absolute atomic E-state index is 0.0118. The number of carbonyl (C=O) groups is 1. The van der Waals surface area contributed by atoms with Gasteiger partial charge < -0.3 is 5.32 Å². The number of rotatable bonds is 3. The maximum atomic E-state index is 12.2. The molecule has 0 aliphatic rings. The summed E-state index contributed by atoms with van der Waals surface area (Å²) in [4.78, 5) is 22.3. The zero-order chi connectivity index (χ0) is 14.9. The van der Waals surface area contributed by atoms with Crippen LogP contribution in [-0.4, -0.2) is 20.6 Å². The minimum atomic E-state index is -0.476. The van der Waals surface area contributed by atoms with Gasteiger partial charge in [0.15, 0.2) is 0 Å². The fourth-order valence-corrected chi connectivity index (χ4v) is 2.28. The number of halogens is 1. The van der Waals surface area contributed by atoms with Gasteiger partial charge in [-0.05, 0) is 34.5 Å². The predicted molar refractivity (Wildman–Crippen MR) is 76.7 cm³/mol. The van der Waals surface area contributed by atoms with Gasteiger partial charge in [-0.3, -0.25) is 19.6 Å². The Balaban J connectivity index is 2.27. The van der Waals surface area contributed by atoms with Gasteiger partial charge in [0.05, 0.1) is 15.6 Å². The quantitative estimate of drug-likeness (QED) is 0.688. The van der Waals surface area contributed by atoms with Crippen molar-refractivity contribution < 1.29 is 9.72 Å². The summed E-state index contributed by atoms with van der Waals surface area (Å²) < 4.78 is 2.03. The zero-order valence-electron chi connectivity index (χ0n) is 10.8. The minimum Gasteiger partial charge on any atom is -0.320 e. The molecule has 1 aromatic heterocycles. The van der Waals surface area contributed by atoms with E-state index < -0.39 is 4.92 Å². The Morgan fingerprint density at radius 1 is 1.50 bits per heavy atom. The van der Waals surface area contributed by atoms with Crippen LogP contribution in [0.5, 0.6) is 0 Å². The van der Waals surface area contributed by atoms with Crippen LogP contribution in [0, 0.1) is 17.0 Å². The van der Waals surface area contributed by atoms with Crippen LogP contribution in [0.1, 0.15) is 16.1 Å². The third kappa shape index (κ3) is 2.69. The zero-order valence-corrected chi connectivity index (χ0v) is 12.3. The van der Waals surface area contributed by atoms with Crippen LogP contribution in [-0.2, 0) is 7.05 Å². The summed E-state index contributed by atoms with van der Waals surface area (Å²) >= 11 is 3.25. The van der Waals surface area contributed by atoms with Gasteiger partial charge in [-0.25, -0.2) is 0 Å². The van der Waals surface area contributed by atoms with E-state index in [0.29, 0.717) is 21.4 Å². The Morgan fingerprint density at radius 3 is 2.70 bits per heavy atom. The van der Waals surface area contributed by atoms with E-state index in [9.17, 15) is 14.9 Å². The van der Waals surface area contributed by atoms with Crippen LogP contribution in [0.2, 0.25) is 0 Å². The molecule has 1 aromatic carbocycles. The first-order valence-corrected chi connectivity index (χ1v) is 6.43. The summed E-state index contributed by atoms with van der Waals surface area (Å²) in [7, 11) is 1.66. The van der Waals surface area contributed by atoms with Crippen molar-refractivity contribution in [2.24, 2.45) is 7.05 Å². The first kappa shape index (κ1) is 14.2. The number of nitro groups is 1. The van der Waals surface area contributed by atoms with Gasteiger partial charge in [-0.2, -0.15) is 5.10 Å². The highest BCUT2D eigenvalue weighted by Gasteiger charge is 2.17.